The molecule has 1 aliphatic rings. The fourth-order valence-corrected chi connectivity index (χ4v) is 2.35. The first-order valence-electron chi connectivity index (χ1n) is 6.09. The van der Waals surface area contributed by atoms with Crippen LogP contribution >= 0.6 is 0 Å². The van der Waals surface area contributed by atoms with Crippen molar-refractivity contribution in [1.82, 2.24) is 9.88 Å². The molecule has 0 aromatic carbocycles. The number of aromatic amines is 1. The summed E-state index contributed by atoms with van der Waals surface area (Å²) in [5, 5.41) is 0. The summed E-state index contributed by atoms with van der Waals surface area (Å²) in [6, 6.07) is 3.09. The topological polar surface area (TPSA) is 79.5 Å². The van der Waals surface area contributed by atoms with Crippen molar-refractivity contribution < 1.29 is 14.3 Å². The van der Waals surface area contributed by atoms with Gasteiger partial charge in [0.15, 0.2) is 0 Å². The number of methoxy groups -OCH3 is 1. The summed E-state index contributed by atoms with van der Waals surface area (Å²) in [5.41, 5.74) is -0.318. The number of carbonyl (C=O) groups is 2. The number of nitrogens with one attached hydrogen (secondary N) is 1. The van der Waals surface area contributed by atoms with Crippen molar-refractivity contribution in [3.8, 4) is 0 Å². The largest absolute Gasteiger partial charge is 0.469 e. The second-order valence-electron chi connectivity index (χ2n) is 4.73. The number of rotatable bonds is 2. The first-order valence-corrected chi connectivity index (χ1v) is 6.09. The van der Waals surface area contributed by atoms with Gasteiger partial charge in [0.25, 0.3) is 11.5 Å². The average Bonchev–Trinajstić information content (AvgIpc) is 2.80. The maximum absolute atomic E-state index is 12.2. The van der Waals surface area contributed by atoms with Gasteiger partial charge in [-0.15, -0.1) is 0 Å². The minimum Gasteiger partial charge on any atom is -0.469 e. The molecule has 1 saturated heterocycles. The second-order valence-corrected chi connectivity index (χ2v) is 4.73. The summed E-state index contributed by atoms with van der Waals surface area (Å²) in [7, 11) is 1.33. The highest BCUT2D eigenvalue weighted by molar-refractivity contribution is 5.94. The first kappa shape index (κ1) is 13.3. The van der Waals surface area contributed by atoms with Gasteiger partial charge in [-0.2, -0.15) is 0 Å². The van der Waals surface area contributed by atoms with Gasteiger partial charge in [0.2, 0.25) is 0 Å². The van der Waals surface area contributed by atoms with Gasteiger partial charge in [0, 0.05) is 19.3 Å². The van der Waals surface area contributed by atoms with E-state index in [-0.39, 0.29) is 29.3 Å². The molecule has 0 radical (unpaired) electrons. The van der Waals surface area contributed by atoms with Crippen molar-refractivity contribution >= 4 is 11.9 Å². The number of pyridine rings is 1. The number of nitrogens with zero attached hydrogens (tertiary/aromatic N) is 1. The van der Waals surface area contributed by atoms with Gasteiger partial charge in [-0.25, -0.2) is 0 Å². The van der Waals surface area contributed by atoms with Gasteiger partial charge in [0.1, 0.15) is 5.56 Å². The van der Waals surface area contributed by atoms with E-state index in [9.17, 15) is 14.4 Å². The van der Waals surface area contributed by atoms with E-state index in [1.807, 2.05) is 6.92 Å². The number of hydrogen-bond donors (Lipinski definition) is 1. The number of H-pyrrole nitrogens is 1. The zero-order valence-electron chi connectivity index (χ0n) is 10.9. The molecule has 1 fully saturated rings. The van der Waals surface area contributed by atoms with E-state index in [4.69, 9.17) is 4.74 Å². The van der Waals surface area contributed by atoms with E-state index >= 15 is 0 Å². The fourth-order valence-electron chi connectivity index (χ4n) is 2.35. The molecule has 2 rings (SSSR count). The van der Waals surface area contributed by atoms with Gasteiger partial charge >= 0.3 is 5.97 Å². The Morgan fingerprint density at radius 3 is 2.79 bits per heavy atom. The summed E-state index contributed by atoms with van der Waals surface area (Å²) in [5.74, 6) is -0.958. The Morgan fingerprint density at radius 2 is 2.16 bits per heavy atom. The second kappa shape index (κ2) is 5.26. The maximum atomic E-state index is 12.2. The molecule has 0 bridgehead atoms. The van der Waals surface area contributed by atoms with E-state index in [0.717, 1.165) is 0 Å². The molecule has 1 N–H and O–H groups in total. The lowest BCUT2D eigenvalue weighted by molar-refractivity contribution is -0.146. The SMILES string of the molecule is COC(=O)C1CN(C(=O)c2ccc[nH]c2=O)CC1C. The number of amides is 1. The highest BCUT2D eigenvalue weighted by Crippen LogP contribution is 2.24. The predicted octanol–water partition coefficient (Wildman–Crippen LogP) is 0.256. The van der Waals surface area contributed by atoms with Crippen molar-refractivity contribution in [2.75, 3.05) is 20.2 Å². The Balaban J connectivity index is 2.17. The Hall–Kier alpha value is -2.11. The Kier molecular flexibility index (Phi) is 3.69. The lowest BCUT2D eigenvalue weighted by Crippen LogP contribution is -2.33. The molecule has 0 aliphatic carbocycles. The number of ether oxygens (including phenoxy) is 1. The van der Waals surface area contributed by atoms with E-state index in [1.165, 1.54) is 24.3 Å². The third-order valence-corrected chi connectivity index (χ3v) is 3.45. The van der Waals surface area contributed by atoms with Crippen LogP contribution in [0.2, 0.25) is 0 Å². The van der Waals surface area contributed by atoms with Crippen LogP contribution in [-0.2, 0) is 9.53 Å². The Bertz CT molecular complexity index is 552. The van der Waals surface area contributed by atoms with Crippen molar-refractivity contribution in [2.45, 2.75) is 6.92 Å². The molecule has 6 heteroatoms. The molecule has 19 heavy (non-hydrogen) atoms. The molecule has 2 atom stereocenters. The van der Waals surface area contributed by atoms with Gasteiger partial charge < -0.3 is 14.6 Å². The monoisotopic (exact) mass is 264 g/mol. The van der Waals surface area contributed by atoms with E-state index in [2.05, 4.69) is 4.98 Å². The highest BCUT2D eigenvalue weighted by atomic mass is 16.5. The van der Waals surface area contributed by atoms with Crippen LogP contribution in [0.1, 0.15) is 17.3 Å². The van der Waals surface area contributed by atoms with Crippen molar-refractivity contribution in [2.24, 2.45) is 11.8 Å². The molecular formula is C13H16N2O4. The van der Waals surface area contributed by atoms with Crippen LogP contribution in [0.5, 0.6) is 0 Å². The molecule has 102 valence electrons. The Morgan fingerprint density at radius 1 is 1.42 bits per heavy atom. The molecule has 6 nitrogen and oxygen atoms in total. The molecule has 1 aliphatic heterocycles. The zero-order chi connectivity index (χ0) is 14.0. The summed E-state index contributed by atoms with van der Waals surface area (Å²) >= 11 is 0. The lowest BCUT2D eigenvalue weighted by Gasteiger charge is -2.15. The first-order chi connectivity index (χ1) is 9.04. The normalized spacial score (nSPS) is 22.3. The van der Waals surface area contributed by atoms with Crippen LogP contribution in [0.15, 0.2) is 23.1 Å². The molecule has 2 heterocycles. The number of hydrogen-bond acceptors (Lipinski definition) is 4. The van der Waals surface area contributed by atoms with Crippen molar-refractivity contribution in [3.05, 3.63) is 34.2 Å². The molecule has 0 spiro atoms. The third-order valence-electron chi connectivity index (χ3n) is 3.45. The Labute approximate surface area is 110 Å². The summed E-state index contributed by atoms with van der Waals surface area (Å²) in [6.07, 6.45) is 1.48. The highest BCUT2D eigenvalue weighted by Gasteiger charge is 2.38. The lowest BCUT2D eigenvalue weighted by atomic mass is 9.99. The molecule has 2 unspecified atom stereocenters. The van der Waals surface area contributed by atoms with Gasteiger partial charge in [-0.05, 0) is 18.1 Å². The summed E-state index contributed by atoms with van der Waals surface area (Å²) < 4.78 is 4.72. The van der Waals surface area contributed by atoms with Crippen LogP contribution in [0.3, 0.4) is 0 Å². The maximum Gasteiger partial charge on any atom is 0.310 e. The van der Waals surface area contributed by atoms with Gasteiger partial charge in [-0.3, -0.25) is 14.4 Å². The molecule has 1 aromatic heterocycles. The number of aromatic nitrogens is 1. The van der Waals surface area contributed by atoms with E-state index in [1.54, 1.807) is 6.07 Å². The standard InChI is InChI=1S/C13H16N2O4/c1-8-6-15(7-10(8)13(18)19-2)12(17)9-4-3-5-14-11(9)16/h3-5,8,10H,6-7H2,1-2H3,(H,14,16). The number of likely N-dealkylation sites (tertiary alicyclic amines) is 1. The smallest absolute Gasteiger partial charge is 0.310 e. The minimum atomic E-state index is -0.415. The summed E-state index contributed by atoms with van der Waals surface area (Å²) in [6.45, 7) is 2.64. The minimum absolute atomic E-state index is 0.0270. The molecule has 1 aromatic rings. The average molecular weight is 264 g/mol. The fraction of sp³-hybridized carbons (Fsp3) is 0.462. The zero-order valence-corrected chi connectivity index (χ0v) is 10.9. The number of esters is 1. The van der Waals surface area contributed by atoms with E-state index < -0.39 is 5.56 Å². The van der Waals surface area contributed by atoms with Crippen LogP contribution in [-0.4, -0.2) is 42.0 Å². The quantitative estimate of drug-likeness (QED) is 0.777. The van der Waals surface area contributed by atoms with Crippen LogP contribution in [0.25, 0.3) is 0 Å². The molecule has 0 saturated carbocycles. The van der Waals surface area contributed by atoms with Gasteiger partial charge in [-0.1, -0.05) is 6.92 Å². The van der Waals surface area contributed by atoms with Crippen LogP contribution < -0.4 is 5.56 Å². The van der Waals surface area contributed by atoms with Crippen molar-refractivity contribution in [3.63, 3.8) is 0 Å². The predicted molar refractivity (Wildman–Crippen MR) is 67.6 cm³/mol. The third kappa shape index (κ3) is 2.52. The van der Waals surface area contributed by atoms with Crippen LogP contribution in [0, 0.1) is 11.8 Å². The van der Waals surface area contributed by atoms with E-state index in [0.29, 0.717) is 13.1 Å². The molecule has 1 amide bonds. The summed E-state index contributed by atoms with van der Waals surface area (Å²) in [4.78, 5) is 39.4. The van der Waals surface area contributed by atoms with Crippen molar-refractivity contribution in [1.29, 1.82) is 0 Å². The molecular weight excluding hydrogens is 248 g/mol. The van der Waals surface area contributed by atoms with Gasteiger partial charge in [0.05, 0.1) is 13.0 Å². The number of carbonyl (C=O) groups excluding carboxylic acids is 2. The van der Waals surface area contributed by atoms with Crippen LogP contribution in [0.4, 0.5) is 0 Å².